The Hall–Kier alpha value is -2.48. The minimum atomic E-state index is -1.34. The van der Waals surface area contributed by atoms with Crippen molar-refractivity contribution >= 4 is 5.91 Å². The van der Waals surface area contributed by atoms with E-state index in [2.05, 4.69) is 5.32 Å². The molecule has 2 aromatic rings. The predicted octanol–water partition coefficient (Wildman–Crippen LogP) is 5.17. The molecule has 4 rings (SSSR count). The van der Waals surface area contributed by atoms with E-state index in [1.165, 1.54) is 6.07 Å². The number of hydrogen-bond donors (Lipinski definition) is 2. The number of halogens is 1. The Morgan fingerprint density at radius 1 is 1.19 bits per heavy atom. The van der Waals surface area contributed by atoms with Crippen molar-refractivity contribution in [3.8, 4) is 11.5 Å². The third-order valence-corrected chi connectivity index (χ3v) is 7.98. The van der Waals surface area contributed by atoms with Crippen LogP contribution in [0.2, 0.25) is 0 Å². The Kier molecular flexibility index (Phi) is 9.57. The molecule has 0 aromatic heterocycles. The summed E-state index contributed by atoms with van der Waals surface area (Å²) < 4.78 is 26.7. The summed E-state index contributed by atoms with van der Waals surface area (Å²) in [5.74, 6) is 0.617. The highest BCUT2D eigenvalue weighted by molar-refractivity contribution is 5.76. The topological polar surface area (TPSA) is 71.0 Å². The van der Waals surface area contributed by atoms with E-state index in [1.54, 1.807) is 19.2 Å². The molecule has 0 saturated carbocycles. The molecule has 2 atom stereocenters. The van der Waals surface area contributed by atoms with Gasteiger partial charge >= 0.3 is 0 Å². The molecular weight excluding hydrogens is 471 g/mol. The first-order chi connectivity index (χ1) is 17.9. The van der Waals surface area contributed by atoms with Gasteiger partial charge in [0.25, 0.3) is 0 Å². The lowest BCUT2D eigenvalue weighted by Crippen LogP contribution is -2.48. The van der Waals surface area contributed by atoms with Crippen molar-refractivity contribution in [2.75, 3.05) is 39.9 Å². The first-order valence-corrected chi connectivity index (χ1v) is 13.6. The molecule has 0 radical (unpaired) electrons. The minimum absolute atomic E-state index is 0.0620. The van der Waals surface area contributed by atoms with Gasteiger partial charge in [0, 0.05) is 44.7 Å². The number of likely N-dealkylation sites (tertiary alicyclic amines) is 1. The second-order valence-electron chi connectivity index (χ2n) is 10.6. The molecule has 2 heterocycles. The smallest absolute Gasteiger partial charge is 0.222 e. The van der Waals surface area contributed by atoms with E-state index in [4.69, 9.17) is 9.47 Å². The molecule has 2 aliphatic rings. The van der Waals surface area contributed by atoms with Crippen molar-refractivity contribution in [3.05, 3.63) is 59.4 Å². The number of amides is 1. The number of para-hydroxylation sites is 2. The Labute approximate surface area is 220 Å². The fourth-order valence-electron chi connectivity index (χ4n) is 5.57. The number of methoxy groups -OCH3 is 1. The second kappa shape index (κ2) is 12.9. The second-order valence-corrected chi connectivity index (χ2v) is 10.6. The van der Waals surface area contributed by atoms with Gasteiger partial charge in [0.05, 0.1) is 5.60 Å². The van der Waals surface area contributed by atoms with Gasteiger partial charge in [-0.05, 0) is 82.2 Å². The van der Waals surface area contributed by atoms with Crippen LogP contribution in [-0.4, -0.2) is 55.8 Å². The summed E-state index contributed by atoms with van der Waals surface area (Å²) in [5.41, 5.74) is -0.00510. The lowest BCUT2D eigenvalue weighted by Gasteiger charge is -2.43. The largest absolute Gasteiger partial charge is 0.454 e. The van der Waals surface area contributed by atoms with Crippen molar-refractivity contribution in [2.45, 2.75) is 57.5 Å². The van der Waals surface area contributed by atoms with E-state index < -0.39 is 11.4 Å². The zero-order chi connectivity index (χ0) is 26.3. The number of hydrogen-bond acceptors (Lipinski definition) is 5. The van der Waals surface area contributed by atoms with Gasteiger partial charge in [-0.1, -0.05) is 30.3 Å². The molecule has 202 valence electrons. The third kappa shape index (κ3) is 6.70. The molecule has 1 unspecified atom stereocenters. The number of benzene rings is 2. The number of ether oxygens (including phenoxy) is 2. The monoisotopic (exact) mass is 512 g/mol. The number of carbonyl (C=O) groups is 1. The van der Waals surface area contributed by atoms with Gasteiger partial charge in [-0.15, -0.1) is 0 Å². The minimum Gasteiger partial charge on any atom is -0.454 e. The number of nitrogens with one attached hydrogen (secondary N) is 1. The highest BCUT2D eigenvalue weighted by atomic mass is 19.1. The molecule has 0 bridgehead atoms. The van der Waals surface area contributed by atoms with Crippen LogP contribution in [0.5, 0.6) is 11.5 Å². The van der Waals surface area contributed by atoms with Crippen LogP contribution in [0.4, 0.5) is 4.39 Å². The molecule has 2 aliphatic heterocycles. The van der Waals surface area contributed by atoms with Crippen LogP contribution in [0.1, 0.15) is 56.1 Å². The summed E-state index contributed by atoms with van der Waals surface area (Å²) in [4.78, 5) is 15.0. The summed E-state index contributed by atoms with van der Waals surface area (Å²) >= 11 is 0. The van der Waals surface area contributed by atoms with E-state index in [1.807, 2.05) is 36.1 Å². The molecular formula is C30H41FN2O4. The zero-order valence-electron chi connectivity index (χ0n) is 22.2. The molecule has 6 nitrogen and oxygen atoms in total. The van der Waals surface area contributed by atoms with Crippen LogP contribution in [-0.2, 0) is 15.1 Å². The Bertz CT molecular complexity index is 1040. The highest BCUT2D eigenvalue weighted by Crippen LogP contribution is 2.45. The van der Waals surface area contributed by atoms with Crippen molar-refractivity contribution in [2.24, 2.45) is 11.8 Å². The van der Waals surface area contributed by atoms with Crippen LogP contribution in [0.15, 0.2) is 42.5 Å². The Balaban J connectivity index is 1.60. The van der Waals surface area contributed by atoms with E-state index >= 15 is 4.39 Å². The zero-order valence-corrected chi connectivity index (χ0v) is 22.2. The van der Waals surface area contributed by atoms with E-state index in [-0.39, 0.29) is 17.6 Å². The van der Waals surface area contributed by atoms with Crippen LogP contribution < -0.4 is 10.1 Å². The average Bonchev–Trinajstić information content (AvgIpc) is 2.88. The van der Waals surface area contributed by atoms with E-state index in [0.29, 0.717) is 56.2 Å². The number of aliphatic hydroxyl groups is 1. The number of nitrogens with zero attached hydrogens (tertiary/aromatic N) is 1. The van der Waals surface area contributed by atoms with Gasteiger partial charge in [-0.3, -0.25) is 4.79 Å². The Morgan fingerprint density at radius 2 is 2.00 bits per heavy atom. The van der Waals surface area contributed by atoms with Crippen LogP contribution in [0.3, 0.4) is 0 Å². The van der Waals surface area contributed by atoms with Gasteiger partial charge in [0.15, 0.2) is 11.6 Å². The van der Waals surface area contributed by atoms with Crippen LogP contribution >= 0.6 is 0 Å². The molecule has 7 heteroatoms. The van der Waals surface area contributed by atoms with E-state index in [9.17, 15) is 9.90 Å². The lowest BCUT2D eigenvalue weighted by atomic mass is 9.73. The fourth-order valence-corrected chi connectivity index (χ4v) is 5.57. The third-order valence-electron chi connectivity index (χ3n) is 7.98. The predicted molar refractivity (Wildman–Crippen MR) is 142 cm³/mol. The van der Waals surface area contributed by atoms with Crippen molar-refractivity contribution in [1.82, 2.24) is 10.2 Å². The van der Waals surface area contributed by atoms with Gasteiger partial charge < -0.3 is 24.8 Å². The summed E-state index contributed by atoms with van der Waals surface area (Å²) in [6.45, 7) is 5.64. The summed E-state index contributed by atoms with van der Waals surface area (Å²) in [5, 5.41) is 15.6. The molecule has 2 aromatic carbocycles. The van der Waals surface area contributed by atoms with Gasteiger partial charge in [-0.25, -0.2) is 4.39 Å². The summed E-state index contributed by atoms with van der Waals surface area (Å²) in [6, 6.07) is 12.3. The number of rotatable bonds is 12. The van der Waals surface area contributed by atoms with Crippen LogP contribution in [0.25, 0.3) is 0 Å². The SMILES string of the molecule is COCCCC[C@@](O)(c1cccc(F)c1Oc1ccccc1C)C1CCCN(C(=O)CCC2CNC2)C1. The number of aryl methyl sites for hydroxylation is 1. The lowest BCUT2D eigenvalue weighted by molar-refractivity contribution is -0.137. The quantitative estimate of drug-likeness (QED) is 0.384. The highest BCUT2D eigenvalue weighted by Gasteiger charge is 2.43. The molecule has 1 amide bonds. The van der Waals surface area contributed by atoms with Gasteiger partial charge in [-0.2, -0.15) is 0 Å². The summed E-state index contributed by atoms with van der Waals surface area (Å²) in [6.07, 6.45) is 4.93. The maximum absolute atomic E-state index is 15.3. The number of piperidine rings is 1. The average molecular weight is 513 g/mol. The first kappa shape index (κ1) is 27.6. The molecule has 0 spiro atoms. The first-order valence-electron chi connectivity index (χ1n) is 13.6. The normalized spacial score (nSPS) is 19.8. The van der Waals surface area contributed by atoms with E-state index in [0.717, 1.165) is 44.3 Å². The standard InChI is InChI=1S/C30H41FN2O4/c1-22-9-3-4-13-27(22)37-29-25(11-7-12-26(29)31)30(35,16-5-6-18-36-2)24-10-8-17-33(21-24)28(34)15-14-23-19-32-20-23/h3-4,7,9,11-13,23-24,32,35H,5-6,8,10,14-21H2,1-2H3/t24?,30-/m0/s1. The maximum atomic E-state index is 15.3. The fraction of sp³-hybridized carbons (Fsp3) is 0.567. The molecule has 2 saturated heterocycles. The number of carbonyl (C=O) groups excluding carboxylic acids is 1. The van der Waals surface area contributed by atoms with Gasteiger partial charge in [0.2, 0.25) is 5.91 Å². The molecule has 0 aliphatic carbocycles. The van der Waals surface area contributed by atoms with Crippen molar-refractivity contribution in [3.63, 3.8) is 0 Å². The van der Waals surface area contributed by atoms with Crippen LogP contribution in [0, 0.1) is 24.6 Å². The molecule has 37 heavy (non-hydrogen) atoms. The summed E-state index contributed by atoms with van der Waals surface area (Å²) in [7, 11) is 1.66. The van der Waals surface area contributed by atoms with Gasteiger partial charge in [0.1, 0.15) is 5.75 Å². The number of unbranched alkanes of at least 4 members (excludes halogenated alkanes) is 1. The maximum Gasteiger partial charge on any atom is 0.222 e. The molecule has 2 N–H and O–H groups in total. The van der Waals surface area contributed by atoms with Crippen molar-refractivity contribution in [1.29, 1.82) is 0 Å². The Morgan fingerprint density at radius 3 is 2.73 bits per heavy atom. The van der Waals surface area contributed by atoms with Crippen molar-refractivity contribution < 1.29 is 23.8 Å². The molecule has 2 fully saturated rings.